The van der Waals surface area contributed by atoms with E-state index in [2.05, 4.69) is 10.4 Å². The molecule has 0 spiro atoms. The van der Waals surface area contributed by atoms with Gasteiger partial charge in [-0.05, 0) is 31.5 Å². The van der Waals surface area contributed by atoms with E-state index in [1.807, 2.05) is 37.3 Å². The third-order valence-corrected chi connectivity index (χ3v) is 5.67. The van der Waals surface area contributed by atoms with Crippen LogP contribution >= 0.6 is 0 Å². The molecule has 0 radical (unpaired) electrons. The molecule has 2 heterocycles. The number of carbonyl (C=O) groups is 2. The number of amides is 1. The number of fused-ring (bicyclic) bond motifs is 1. The van der Waals surface area contributed by atoms with E-state index in [1.165, 1.54) is 22.4 Å². The van der Waals surface area contributed by atoms with Gasteiger partial charge in [0.25, 0.3) is 5.56 Å². The Morgan fingerprint density at radius 2 is 1.66 bits per heavy atom. The van der Waals surface area contributed by atoms with Crippen molar-refractivity contribution in [3.8, 4) is 0 Å². The molecule has 10 heteroatoms. The second-order valence-corrected chi connectivity index (χ2v) is 7.93. The molecule has 180 valence electrons. The van der Waals surface area contributed by atoms with Crippen molar-refractivity contribution in [2.75, 3.05) is 12.4 Å². The highest BCUT2D eigenvalue weighted by Gasteiger charge is 2.22. The summed E-state index contributed by atoms with van der Waals surface area (Å²) in [7, 11) is 1.25. The van der Waals surface area contributed by atoms with Crippen LogP contribution in [0.4, 0.5) is 5.69 Å². The number of aryl methyl sites for hydroxylation is 2. The summed E-state index contributed by atoms with van der Waals surface area (Å²) in [5.41, 5.74) is 1.15. The zero-order valence-corrected chi connectivity index (χ0v) is 19.6. The van der Waals surface area contributed by atoms with Gasteiger partial charge in [-0.3, -0.25) is 23.4 Å². The molecule has 0 saturated carbocycles. The van der Waals surface area contributed by atoms with Gasteiger partial charge in [-0.25, -0.2) is 9.59 Å². The standard InChI is InChI=1S/C25H25N5O5/c1-4-30-22-21(16(2)27-30)28(25(34)29(23(22)32)14-17-10-6-5-7-11-17)15-20(31)26-19-13-9-8-12-18(19)24(33)35-3/h5-13H,4,14-15H2,1-3H3,(H,26,31). The van der Waals surface area contributed by atoms with E-state index in [9.17, 15) is 19.2 Å². The van der Waals surface area contributed by atoms with Gasteiger partial charge in [-0.15, -0.1) is 0 Å². The third-order valence-electron chi connectivity index (χ3n) is 5.67. The summed E-state index contributed by atoms with van der Waals surface area (Å²) in [6.07, 6.45) is 0. The summed E-state index contributed by atoms with van der Waals surface area (Å²) < 4.78 is 8.68. The summed E-state index contributed by atoms with van der Waals surface area (Å²) >= 11 is 0. The number of nitrogens with one attached hydrogen (secondary N) is 1. The number of rotatable bonds is 7. The molecule has 0 fully saturated rings. The smallest absolute Gasteiger partial charge is 0.339 e. The van der Waals surface area contributed by atoms with Crippen LogP contribution in [0.1, 0.15) is 28.5 Å². The van der Waals surface area contributed by atoms with Crippen molar-refractivity contribution >= 4 is 28.6 Å². The van der Waals surface area contributed by atoms with Crippen LogP contribution in [0.2, 0.25) is 0 Å². The molecule has 0 atom stereocenters. The Morgan fingerprint density at radius 1 is 0.971 bits per heavy atom. The Hall–Kier alpha value is -4.47. The number of esters is 1. The summed E-state index contributed by atoms with van der Waals surface area (Å²) in [4.78, 5) is 52.0. The van der Waals surface area contributed by atoms with E-state index >= 15 is 0 Å². The predicted octanol–water partition coefficient (Wildman–Crippen LogP) is 2.16. The highest BCUT2D eigenvalue weighted by atomic mass is 16.5. The molecule has 1 amide bonds. The lowest BCUT2D eigenvalue weighted by molar-refractivity contribution is -0.116. The van der Waals surface area contributed by atoms with Crippen LogP contribution < -0.4 is 16.6 Å². The monoisotopic (exact) mass is 475 g/mol. The maximum Gasteiger partial charge on any atom is 0.339 e. The fourth-order valence-electron chi connectivity index (χ4n) is 4.06. The van der Waals surface area contributed by atoms with Gasteiger partial charge in [0.1, 0.15) is 12.1 Å². The first-order valence-electron chi connectivity index (χ1n) is 11.1. The molecule has 2 aromatic carbocycles. The summed E-state index contributed by atoms with van der Waals surface area (Å²) in [5, 5.41) is 7.09. The zero-order valence-electron chi connectivity index (χ0n) is 19.6. The fourth-order valence-corrected chi connectivity index (χ4v) is 4.06. The number of aromatic nitrogens is 4. The molecule has 10 nitrogen and oxygen atoms in total. The van der Waals surface area contributed by atoms with E-state index in [-0.39, 0.29) is 29.9 Å². The largest absolute Gasteiger partial charge is 0.465 e. The highest BCUT2D eigenvalue weighted by Crippen LogP contribution is 2.17. The molecule has 4 aromatic rings. The lowest BCUT2D eigenvalue weighted by Gasteiger charge is -2.14. The zero-order chi connectivity index (χ0) is 25.1. The highest BCUT2D eigenvalue weighted by molar-refractivity contribution is 6.01. The first-order chi connectivity index (χ1) is 16.8. The molecule has 0 aliphatic carbocycles. The van der Waals surface area contributed by atoms with Gasteiger partial charge in [0.05, 0.1) is 30.6 Å². The minimum absolute atomic E-state index is 0.0508. The summed E-state index contributed by atoms with van der Waals surface area (Å²) in [6, 6.07) is 15.5. The molecular weight excluding hydrogens is 450 g/mol. The number of ether oxygens (including phenoxy) is 1. The second-order valence-electron chi connectivity index (χ2n) is 7.93. The lowest BCUT2D eigenvalue weighted by atomic mass is 10.2. The summed E-state index contributed by atoms with van der Waals surface area (Å²) in [6.45, 7) is 3.63. The quantitative estimate of drug-likeness (QED) is 0.410. The van der Waals surface area contributed by atoms with E-state index in [0.29, 0.717) is 17.8 Å². The Balaban J connectivity index is 1.81. The number of anilines is 1. The minimum Gasteiger partial charge on any atom is -0.465 e. The number of nitrogens with zero attached hydrogens (tertiary/aromatic N) is 4. The van der Waals surface area contributed by atoms with Crippen LogP contribution in [0.15, 0.2) is 64.2 Å². The molecular formula is C25H25N5O5. The Bertz CT molecular complexity index is 1530. The van der Waals surface area contributed by atoms with Crippen molar-refractivity contribution in [1.29, 1.82) is 0 Å². The van der Waals surface area contributed by atoms with Gasteiger partial charge >= 0.3 is 11.7 Å². The number of hydrogen-bond donors (Lipinski definition) is 1. The molecule has 4 rings (SSSR count). The van der Waals surface area contributed by atoms with E-state index < -0.39 is 23.1 Å². The van der Waals surface area contributed by atoms with Gasteiger partial charge in [-0.2, -0.15) is 5.10 Å². The first-order valence-corrected chi connectivity index (χ1v) is 11.1. The SMILES string of the molecule is CCn1nc(C)c2c1c(=O)n(Cc1ccccc1)c(=O)n2CC(=O)Nc1ccccc1C(=O)OC. The van der Waals surface area contributed by atoms with Crippen LogP contribution in [-0.2, 0) is 29.2 Å². The molecule has 0 unspecified atom stereocenters. The van der Waals surface area contributed by atoms with Crippen LogP contribution in [0.3, 0.4) is 0 Å². The molecule has 0 bridgehead atoms. The van der Waals surface area contributed by atoms with E-state index in [1.54, 1.807) is 25.1 Å². The Kier molecular flexibility index (Phi) is 6.63. The first kappa shape index (κ1) is 23.7. The molecule has 35 heavy (non-hydrogen) atoms. The molecule has 0 aliphatic heterocycles. The Labute approximate surface area is 200 Å². The lowest BCUT2D eigenvalue weighted by Crippen LogP contribution is -2.42. The fraction of sp³-hybridized carbons (Fsp3) is 0.240. The van der Waals surface area contributed by atoms with Gasteiger partial charge in [0.15, 0.2) is 5.52 Å². The van der Waals surface area contributed by atoms with Gasteiger partial charge in [0.2, 0.25) is 5.91 Å². The van der Waals surface area contributed by atoms with Gasteiger partial charge in [-0.1, -0.05) is 42.5 Å². The van der Waals surface area contributed by atoms with Crippen molar-refractivity contribution in [2.24, 2.45) is 0 Å². The number of carbonyl (C=O) groups excluding carboxylic acids is 2. The van der Waals surface area contributed by atoms with E-state index in [4.69, 9.17) is 4.74 Å². The average Bonchev–Trinajstić information content (AvgIpc) is 3.21. The van der Waals surface area contributed by atoms with Crippen LogP contribution in [0.5, 0.6) is 0 Å². The van der Waals surface area contributed by atoms with Crippen molar-refractivity contribution in [3.05, 3.63) is 92.3 Å². The average molecular weight is 476 g/mol. The molecule has 0 aliphatic rings. The second kappa shape index (κ2) is 9.80. The third kappa shape index (κ3) is 4.50. The number of methoxy groups -OCH3 is 1. The Morgan fingerprint density at radius 3 is 2.34 bits per heavy atom. The molecule has 1 N–H and O–H groups in total. The van der Waals surface area contributed by atoms with Crippen LogP contribution in [-0.4, -0.2) is 37.9 Å². The van der Waals surface area contributed by atoms with Crippen molar-refractivity contribution in [3.63, 3.8) is 0 Å². The normalized spacial score (nSPS) is 10.9. The van der Waals surface area contributed by atoms with Crippen LogP contribution in [0, 0.1) is 6.92 Å². The van der Waals surface area contributed by atoms with Crippen molar-refractivity contribution in [1.82, 2.24) is 18.9 Å². The minimum atomic E-state index is -0.624. The number of hydrogen-bond acceptors (Lipinski definition) is 6. The maximum atomic E-state index is 13.5. The van der Waals surface area contributed by atoms with Crippen molar-refractivity contribution < 1.29 is 14.3 Å². The topological polar surface area (TPSA) is 117 Å². The molecule has 2 aromatic heterocycles. The predicted molar refractivity (Wildman–Crippen MR) is 131 cm³/mol. The summed E-state index contributed by atoms with van der Waals surface area (Å²) in [5.74, 6) is -1.14. The number of benzene rings is 2. The van der Waals surface area contributed by atoms with Gasteiger partial charge in [0, 0.05) is 6.54 Å². The van der Waals surface area contributed by atoms with Crippen molar-refractivity contribution in [2.45, 2.75) is 33.5 Å². The van der Waals surface area contributed by atoms with Crippen LogP contribution in [0.25, 0.3) is 11.0 Å². The van der Waals surface area contributed by atoms with E-state index in [0.717, 1.165) is 10.1 Å². The maximum absolute atomic E-state index is 13.5. The van der Waals surface area contributed by atoms with Gasteiger partial charge < -0.3 is 10.1 Å². The molecule has 0 saturated heterocycles. The number of para-hydroxylation sites is 1.